The fourth-order valence-electron chi connectivity index (χ4n) is 1.61. The molecule has 0 saturated carbocycles. The number of hydrogen-bond donors (Lipinski definition) is 0. The molecule has 0 heteroatoms. The zero-order valence-corrected chi connectivity index (χ0v) is 8.54. The summed E-state index contributed by atoms with van der Waals surface area (Å²) in [7, 11) is 0. The normalized spacial score (nSPS) is 10.1. The van der Waals surface area contributed by atoms with Gasteiger partial charge >= 0.3 is 0 Å². The maximum atomic E-state index is 3.27. The van der Waals surface area contributed by atoms with Gasteiger partial charge in [0.05, 0.1) is 0 Å². The molecule has 14 heavy (non-hydrogen) atoms. The molecule has 0 spiro atoms. The molecule has 0 bridgehead atoms. The summed E-state index contributed by atoms with van der Waals surface area (Å²) in [6.07, 6.45) is 0. The van der Waals surface area contributed by atoms with Gasteiger partial charge in [-0.3, -0.25) is 0 Å². The molecule has 0 aromatic heterocycles. The van der Waals surface area contributed by atoms with Gasteiger partial charge in [-0.15, -0.1) is 0 Å². The molecule has 0 saturated heterocycles. The van der Waals surface area contributed by atoms with Crippen LogP contribution >= 0.6 is 0 Å². The van der Waals surface area contributed by atoms with Gasteiger partial charge in [-0.2, -0.15) is 0 Å². The van der Waals surface area contributed by atoms with E-state index in [4.69, 9.17) is 0 Å². The van der Waals surface area contributed by atoms with Gasteiger partial charge in [-0.1, -0.05) is 48.0 Å². The third kappa shape index (κ3) is 1.69. The van der Waals surface area contributed by atoms with E-state index in [1.165, 1.54) is 22.3 Å². The van der Waals surface area contributed by atoms with Crippen LogP contribution in [0.2, 0.25) is 0 Å². The topological polar surface area (TPSA) is 0 Å². The number of benzene rings is 2. The Morgan fingerprint density at radius 2 is 1.79 bits per heavy atom. The lowest BCUT2D eigenvalue weighted by Crippen LogP contribution is -1.83. The summed E-state index contributed by atoms with van der Waals surface area (Å²) in [6.45, 7) is 4.24. The average Bonchev–Trinajstić information content (AvgIpc) is 2.18. The molecule has 0 aliphatic rings. The van der Waals surface area contributed by atoms with Gasteiger partial charge in [0.2, 0.25) is 0 Å². The molecule has 0 N–H and O–H groups in total. The van der Waals surface area contributed by atoms with Crippen LogP contribution in [-0.4, -0.2) is 0 Å². The maximum absolute atomic E-state index is 3.27. The fourth-order valence-corrected chi connectivity index (χ4v) is 1.61. The minimum atomic E-state index is 1.18. The third-order valence-corrected chi connectivity index (χ3v) is 2.39. The third-order valence-electron chi connectivity index (χ3n) is 2.39. The largest absolute Gasteiger partial charge is 0.0620 e. The molecule has 0 heterocycles. The summed E-state index contributed by atoms with van der Waals surface area (Å²) in [5.41, 5.74) is 5.04. The van der Waals surface area contributed by atoms with E-state index in [1.807, 2.05) is 6.07 Å². The fraction of sp³-hybridized carbons (Fsp3) is 0.143. The lowest BCUT2D eigenvalue weighted by atomic mass is 9.99. The van der Waals surface area contributed by atoms with Gasteiger partial charge in [0.25, 0.3) is 0 Å². The summed E-state index contributed by atoms with van der Waals surface area (Å²) in [4.78, 5) is 0. The Morgan fingerprint density at radius 3 is 2.50 bits per heavy atom. The first kappa shape index (κ1) is 9.01. The first-order valence-electron chi connectivity index (χ1n) is 4.82. The number of hydrogen-bond acceptors (Lipinski definition) is 0. The van der Waals surface area contributed by atoms with Crippen LogP contribution in [0, 0.1) is 19.9 Å². The first-order chi connectivity index (χ1) is 6.77. The van der Waals surface area contributed by atoms with E-state index < -0.39 is 0 Å². The minimum Gasteiger partial charge on any atom is -0.0620 e. The van der Waals surface area contributed by atoms with Crippen LogP contribution in [0.15, 0.2) is 42.5 Å². The van der Waals surface area contributed by atoms with E-state index >= 15 is 0 Å². The smallest absolute Gasteiger partial charge is 0.00989 e. The van der Waals surface area contributed by atoms with Crippen molar-refractivity contribution >= 4 is 0 Å². The molecule has 0 atom stereocenters. The van der Waals surface area contributed by atoms with E-state index in [0.717, 1.165) is 0 Å². The van der Waals surface area contributed by atoms with Gasteiger partial charge in [-0.25, -0.2) is 0 Å². The predicted molar refractivity (Wildman–Crippen MR) is 60.2 cm³/mol. The van der Waals surface area contributed by atoms with Crippen molar-refractivity contribution in [1.29, 1.82) is 0 Å². The summed E-state index contributed by atoms with van der Waals surface area (Å²) in [6, 6.07) is 17.9. The second-order valence-corrected chi connectivity index (χ2v) is 3.59. The summed E-state index contributed by atoms with van der Waals surface area (Å²) >= 11 is 0. The molecular weight excluding hydrogens is 168 g/mol. The van der Waals surface area contributed by atoms with Crippen LogP contribution in [0.25, 0.3) is 11.1 Å². The molecular formula is C14H13. The Bertz CT molecular complexity index is 441. The van der Waals surface area contributed by atoms with Crippen molar-refractivity contribution in [2.24, 2.45) is 0 Å². The molecule has 69 valence electrons. The molecule has 0 fully saturated rings. The summed E-state index contributed by atoms with van der Waals surface area (Å²) < 4.78 is 0. The van der Waals surface area contributed by atoms with Crippen molar-refractivity contribution in [3.05, 3.63) is 59.7 Å². The Balaban J connectivity index is 2.55. The first-order valence-corrected chi connectivity index (χ1v) is 4.82. The number of rotatable bonds is 1. The Morgan fingerprint density at radius 1 is 1.00 bits per heavy atom. The van der Waals surface area contributed by atoms with Crippen LogP contribution in [0.4, 0.5) is 0 Å². The van der Waals surface area contributed by atoms with E-state index in [0.29, 0.717) is 0 Å². The molecule has 0 amide bonds. The predicted octanol–water partition coefficient (Wildman–Crippen LogP) is 3.77. The van der Waals surface area contributed by atoms with Crippen LogP contribution in [-0.2, 0) is 0 Å². The van der Waals surface area contributed by atoms with E-state index in [-0.39, 0.29) is 0 Å². The van der Waals surface area contributed by atoms with Crippen molar-refractivity contribution in [1.82, 2.24) is 0 Å². The van der Waals surface area contributed by atoms with Crippen molar-refractivity contribution in [2.45, 2.75) is 13.8 Å². The zero-order chi connectivity index (χ0) is 9.97. The summed E-state index contributed by atoms with van der Waals surface area (Å²) in [5, 5.41) is 0. The Kier molecular flexibility index (Phi) is 2.36. The van der Waals surface area contributed by atoms with E-state index in [9.17, 15) is 0 Å². The van der Waals surface area contributed by atoms with Crippen LogP contribution in [0.1, 0.15) is 11.1 Å². The van der Waals surface area contributed by atoms with Crippen molar-refractivity contribution in [3.8, 4) is 11.1 Å². The van der Waals surface area contributed by atoms with E-state index in [2.05, 4.69) is 56.3 Å². The minimum absolute atomic E-state index is 1.18. The molecule has 0 nitrogen and oxygen atoms in total. The van der Waals surface area contributed by atoms with Crippen molar-refractivity contribution in [2.75, 3.05) is 0 Å². The monoisotopic (exact) mass is 181 g/mol. The highest BCUT2D eigenvalue weighted by Gasteiger charge is 2.00. The van der Waals surface area contributed by atoms with Gasteiger partial charge in [0.15, 0.2) is 0 Å². The molecule has 2 rings (SSSR count). The van der Waals surface area contributed by atoms with Crippen molar-refractivity contribution in [3.63, 3.8) is 0 Å². The quantitative estimate of drug-likeness (QED) is 0.628. The lowest BCUT2D eigenvalue weighted by molar-refractivity contribution is 1.42. The second kappa shape index (κ2) is 3.67. The molecule has 0 aliphatic carbocycles. The maximum Gasteiger partial charge on any atom is -0.00989 e. The SMILES string of the molecule is Cc1cc[c]c(-c2ccccc2C)c1. The molecule has 1 radical (unpaired) electrons. The average molecular weight is 181 g/mol. The zero-order valence-electron chi connectivity index (χ0n) is 8.54. The Hall–Kier alpha value is -1.56. The summed E-state index contributed by atoms with van der Waals surface area (Å²) in [5.74, 6) is 0. The van der Waals surface area contributed by atoms with Gasteiger partial charge in [0, 0.05) is 0 Å². The molecule has 0 aliphatic heterocycles. The lowest BCUT2D eigenvalue weighted by Gasteiger charge is -2.05. The highest BCUT2D eigenvalue weighted by molar-refractivity contribution is 5.66. The van der Waals surface area contributed by atoms with Crippen LogP contribution in [0.5, 0.6) is 0 Å². The highest BCUT2D eigenvalue weighted by atomic mass is 14.0. The molecule has 2 aromatic rings. The Labute approximate surface area is 85.2 Å². The second-order valence-electron chi connectivity index (χ2n) is 3.59. The van der Waals surface area contributed by atoms with Crippen LogP contribution < -0.4 is 0 Å². The number of aryl methyl sites for hydroxylation is 2. The van der Waals surface area contributed by atoms with Crippen molar-refractivity contribution < 1.29 is 0 Å². The van der Waals surface area contributed by atoms with Crippen LogP contribution in [0.3, 0.4) is 0 Å². The van der Waals surface area contributed by atoms with Gasteiger partial charge in [-0.05, 0) is 36.6 Å². The molecule has 0 unspecified atom stereocenters. The standard InChI is InChI=1S/C14H13/c1-11-6-5-8-13(10-11)14-9-4-3-7-12(14)2/h3-7,9-10H,1-2H3. The highest BCUT2D eigenvalue weighted by Crippen LogP contribution is 2.22. The van der Waals surface area contributed by atoms with Gasteiger partial charge < -0.3 is 0 Å². The van der Waals surface area contributed by atoms with E-state index in [1.54, 1.807) is 0 Å². The van der Waals surface area contributed by atoms with Gasteiger partial charge in [0.1, 0.15) is 0 Å². The molecule has 2 aromatic carbocycles.